The lowest BCUT2D eigenvalue weighted by Crippen LogP contribution is -2.52. The number of hydrogen-bond donors (Lipinski definition) is 1. The van der Waals surface area contributed by atoms with Gasteiger partial charge in [-0.2, -0.15) is 18.3 Å². The molecule has 12 heteroatoms. The van der Waals surface area contributed by atoms with E-state index in [0.29, 0.717) is 22.1 Å². The second kappa shape index (κ2) is 11.6. The number of alkyl halides is 3. The van der Waals surface area contributed by atoms with Crippen LogP contribution in [0.2, 0.25) is 10.0 Å². The molecule has 2 saturated heterocycles. The van der Waals surface area contributed by atoms with Crippen molar-refractivity contribution in [1.29, 1.82) is 0 Å². The quantitative estimate of drug-likeness (QED) is 0.338. The van der Waals surface area contributed by atoms with E-state index in [2.05, 4.69) is 16.7 Å². The number of fused-ring (bicyclic) bond motifs is 1. The number of benzene rings is 1. The molecule has 218 valence electrons. The third-order valence-electron chi connectivity index (χ3n) is 8.52. The van der Waals surface area contributed by atoms with Gasteiger partial charge in [0.1, 0.15) is 17.4 Å². The van der Waals surface area contributed by atoms with Crippen molar-refractivity contribution >= 4 is 40.2 Å². The van der Waals surface area contributed by atoms with Crippen molar-refractivity contribution in [3.8, 4) is 0 Å². The molecule has 4 unspecified atom stereocenters. The van der Waals surface area contributed by atoms with Gasteiger partial charge in [0.05, 0.1) is 17.9 Å². The van der Waals surface area contributed by atoms with Gasteiger partial charge < -0.3 is 10.0 Å². The number of aryl methyl sites for hydroxylation is 1. The van der Waals surface area contributed by atoms with Crippen LogP contribution in [0.1, 0.15) is 63.3 Å². The Hall–Kier alpha value is -2.14. The van der Waals surface area contributed by atoms with E-state index in [1.807, 2.05) is 30.7 Å². The highest BCUT2D eigenvalue weighted by Crippen LogP contribution is 2.35. The van der Waals surface area contributed by atoms with Crippen LogP contribution in [0.3, 0.4) is 0 Å². The molecule has 5 atom stereocenters. The number of aliphatic hydroxyl groups is 1. The molecule has 0 bridgehead atoms. The van der Waals surface area contributed by atoms with Crippen molar-refractivity contribution in [3.63, 3.8) is 0 Å². The van der Waals surface area contributed by atoms with Crippen LogP contribution in [0, 0.1) is 12.8 Å². The summed E-state index contributed by atoms with van der Waals surface area (Å²) in [5.74, 6) is 1.07. The first-order chi connectivity index (χ1) is 18.9. The number of anilines is 1. The van der Waals surface area contributed by atoms with Crippen molar-refractivity contribution < 1.29 is 18.3 Å². The first-order valence-corrected chi connectivity index (χ1v) is 14.6. The van der Waals surface area contributed by atoms with E-state index in [1.54, 1.807) is 12.3 Å². The minimum absolute atomic E-state index is 0.0747. The number of likely N-dealkylation sites (tertiary alicyclic amines) is 1. The third-order valence-corrected chi connectivity index (χ3v) is 9.08. The molecule has 0 radical (unpaired) electrons. The number of rotatable bonds is 7. The summed E-state index contributed by atoms with van der Waals surface area (Å²) in [5.41, 5.74) is 3.10. The lowest BCUT2D eigenvalue weighted by molar-refractivity contribution is -0.206. The largest absolute Gasteiger partial charge is 0.414 e. The molecule has 1 aromatic carbocycles. The van der Waals surface area contributed by atoms with Crippen LogP contribution in [0.25, 0.3) is 11.2 Å². The normalized spacial score (nSPS) is 24.1. The van der Waals surface area contributed by atoms with E-state index in [4.69, 9.17) is 38.3 Å². The number of piperidine rings is 1. The van der Waals surface area contributed by atoms with Crippen LogP contribution in [0.4, 0.5) is 19.0 Å². The van der Waals surface area contributed by atoms with Crippen LogP contribution in [-0.2, 0) is 0 Å². The van der Waals surface area contributed by atoms with Crippen LogP contribution >= 0.6 is 23.2 Å². The Morgan fingerprint density at radius 3 is 2.65 bits per heavy atom. The smallest absolute Gasteiger partial charge is 0.384 e. The van der Waals surface area contributed by atoms with Crippen molar-refractivity contribution in [2.24, 2.45) is 5.92 Å². The topological polar surface area (TPSA) is 70.3 Å². The van der Waals surface area contributed by atoms with E-state index in [0.717, 1.165) is 61.5 Å². The van der Waals surface area contributed by atoms with E-state index in [9.17, 15) is 18.3 Å². The Morgan fingerprint density at radius 1 is 1.18 bits per heavy atom. The monoisotopic (exact) mass is 598 g/mol. The fraction of sp³-hybridized carbons (Fsp3) is 0.607. The van der Waals surface area contributed by atoms with Gasteiger partial charge in [-0.3, -0.25) is 4.90 Å². The number of nitrogens with zero attached hydrogens (tertiary/aromatic N) is 6. The molecule has 2 aliphatic rings. The fourth-order valence-electron chi connectivity index (χ4n) is 6.39. The van der Waals surface area contributed by atoms with Crippen molar-refractivity contribution in [2.45, 2.75) is 83.3 Å². The molecule has 0 amide bonds. The number of hydrogen-bond acceptors (Lipinski definition) is 6. The van der Waals surface area contributed by atoms with E-state index >= 15 is 0 Å². The minimum atomic E-state index is -4.56. The Labute approximate surface area is 242 Å². The summed E-state index contributed by atoms with van der Waals surface area (Å²) in [6.45, 7) is 8.55. The molecule has 5 rings (SSSR count). The summed E-state index contributed by atoms with van der Waals surface area (Å²) in [7, 11) is 0. The second-order valence-electron chi connectivity index (χ2n) is 11.2. The standard InChI is InChI=1S/C28H35Cl2F3N6O/c1-16-15-37(12-10-23(16)38-11-4-5-20(38)7-9-24(40)28(31,32)33)25-14-34-26-17(2)36-39(27(26)35-25)18(3)21-8-6-19(29)13-22(21)30/h6,8,13-14,16,18,20,23-24,40H,4-5,7,9-12,15H2,1-3H3/t16?,18-,20?,23?,24?/m1/s1. The molecule has 0 aliphatic carbocycles. The Kier molecular flexibility index (Phi) is 8.53. The molecule has 2 aliphatic heterocycles. The lowest BCUT2D eigenvalue weighted by Gasteiger charge is -2.44. The lowest BCUT2D eigenvalue weighted by atomic mass is 9.91. The minimum Gasteiger partial charge on any atom is -0.384 e. The fourth-order valence-corrected chi connectivity index (χ4v) is 6.96. The highest BCUT2D eigenvalue weighted by atomic mass is 35.5. The highest BCUT2D eigenvalue weighted by molar-refractivity contribution is 6.35. The zero-order valence-electron chi connectivity index (χ0n) is 22.9. The predicted molar refractivity (Wildman–Crippen MR) is 151 cm³/mol. The Balaban J connectivity index is 1.31. The van der Waals surface area contributed by atoms with Crippen LogP contribution in [0.5, 0.6) is 0 Å². The van der Waals surface area contributed by atoms with Gasteiger partial charge in [0, 0.05) is 35.2 Å². The molecular formula is C28H35Cl2F3N6O. The molecule has 4 heterocycles. The zero-order chi connectivity index (χ0) is 28.8. The van der Waals surface area contributed by atoms with E-state index in [-0.39, 0.29) is 30.5 Å². The number of halogens is 5. The summed E-state index contributed by atoms with van der Waals surface area (Å²) in [6, 6.07) is 5.60. The van der Waals surface area contributed by atoms with Gasteiger partial charge in [0.25, 0.3) is 0 Å². The molecule has 0 spiro atoms. The molecule has 2 fully saturated rings. The zero-order valence-corrected chi connectivity index (χ0v) is 24.4. The predicted octanol–water partition coefficient (Wildman–Crippen LogP) is 6.43. The first kappa shape index (κ1) is 29.4. The van der Waals surface area contributed by atoms with Crippen molar-refractivity contribution in [3.05, 3.63) is 45.7 Å². The Morgan fingerprint density at radius 2 is 1.95 bits per heavy atom. The van der Waals surface area contributed by atoms with Gasteiger partial charge in [-0.05, 0) is 76.1 Å². The van der Waals surface area contributed by atoms with Gasteiger partial charge in [0.2, 0.25) is 0 Å². The average molecular weight is 600 g/mol. The number of aromatic nitrogens is 4. The molecule has 2 aromatic heterocycles. The molecular weight excluding hydrogens is 564 g/mol. The maximum Gasteiger partial charge on any atom is 0.414 e. The van der Waals surface area contributed by atoms with Crippen LogP contribution < -0.4 is 4.90 Å². The maximum atomic E-state index is 12.8. The van der Waals surface area contributed by atoms with Crippen LogP contribution in [-0.4, -0.2) is 73.8 Å². The SMILES string of the molecule is Cc1nn([C@H](C)c2ccc(Cl)cc2Cl)c2nc(N3CCC(N4CCCC4CCC(O)C(F)(F)F)C(C)C3)cnc12. The summed E-state index contributed by atoms with van der Waals surface area (Å²) in [5, 5.41) is 15.4. The van der Waals surface area contributed by atoms with Gasteiger partial charge in [-0.15, -0.1) is 0 Å². The van der Waals surface area contributed by atoms with E-state index < -0.39 is 12.3 Å². The summed E-state index contributed by atoms with van der Waals surface area (Å²) < 4.78 is 40.4. The molecule has 1 N–H and O–H groups in total. The Bertz CT molecular complexity index is 1350. The van der Waals surface area contributed by atoms with Gasteiger partial charge >= 0.3 is 6.18 Å². The maximum absolute atomic E-state index is 12.8. The molecule has 7 nitrogen and oxygen atoms in total. The summed E-state index contributed by atoms with van der Waals surface area (Å²) in [6.07, 6.45) is -2.18. The van der Waals surface area contributed by atoms with Gasteiger partial charge in [-0.1, -0.05) is 36.2 Å². The molecule has 0 saturated carbocycles. The van der Waals surface area contributed by atoms with Crippen molar-refractivity contribution in [1.82, 2.24) is 24.6 Å². The second-order valence-corrected chi connectivity index (χ2v) is 12.1. The highest BCUT2D eigenvalue weighted by Gasteiger charge is 2.41. The summed E-state index contributed by atoms with van der Waals surface area (Å²) >= 11 is 12.6. The summed E-state index contributed by atoms with van der Waals surface area (Å²) in [4.78, 5) is 14.3. The van der Waals surface area contributed by atoms with Gasteiger partial charge in [0.15, 0.2) is 5.65 Å². The van der Waals surface area contributed by atoms with Crippen LogP contribution in [0.15, 0.2) is 24.4 Å². The number of aliphatic hydroxyl groups excluding tert-OH is 1. The third kappa shape index (κ3) is 5.91. The van der Waals surface area contributed by atoms with Crippen molar-refractivity contribution in [2.75, 3.05) is 24.5 Å². The molecule has 40 heavy (non-hydrogen) atoms. The van der Waals surface area contributed by atoms with Gasteiger partial charge in [-0.25, -0.2) is 14.6 Å². The van der Waals surface area contributed by atoms with E-state index in [1.165, 1.54) is 0 Å². The molecule has 3 aromatic rings. The first-order valence-electron chi connectivity index (χ1n) is 13.9. The average Bonchev–Trinajstić information content (AvgIpc) is 3.50.